The fourth-order valence-corrected chi connectivity index (χ4v) is 2.31. The van der Waals surface area contributed by atoms with Gasteiger partial charge in [0.05, 0.1) is 11.6 Å². The molecule has 1 N–H and O–H groups in total. The van der Waals surface area contributed by atoms with E-state index in [0.29, 0.717) is 23.6 Å². The Morgan fingerprint density at radius 1 is 1.19 bits per heavy atom. The van der Waals surface area contributed by atoms with Gasteiger partial charge in [-0.05, 0) is 48.2 Å². The van der Waals surface area contributed by atoms with Crippen molar-refractivity contribution in [1.82, 2.24) is 5.32 Å². The highest BCUT2D eigenvalue weighted by Gasteiger charge is 2.06. The first-order chi connectivity index (χ1) is 10.2. The molecular weight excluding hydrogens is 263 g/mol. The molecule has 0 bridgehead atoms. The van der Waals surface area contributed by atoms with Crippen LogP contribution in [-0.2, 0) is 6.54 Å². The zero-order chi connectivity index (χ0) is 15.1. The fraction of sp³-hybridized carbons (Fsp3) is 0.278. The molecule has 1 unspecified atom stereocenters. The first-order valence-electron chi connectivity index (χ1n) is 7.15. The highest BCUT2D eigenvalue weighted by atomic mass is 19.1. The molecule has 3 heteroatoms. The van der Waals surface area contributed by atoms with Crippen LogP contribution in [0.3, 0.4) is 0 Å². The quantitative estimate of drug-likeness (QED) is 0.813. The summed E-state index contributed by atoms with van der Waals surface area (Å²) in [5, 5.41) is 12.3. The molecule has 0 aliphatic rings. The zero-order valence-electron chi connectivity index (χ0n) is 12.1. The standard InChI is InChI=1S/C18H19FN2/c1-14(15-5-3-2-4-6-15)9-10-21-13-17-11-18(19)8-7-16(17)12-20/h2-8,11,14,21H,9-10,13H2,1H3. The Morgan fingerprint density at radius 2 is 1.95 bits per heavy atom. The summed E-state index contributed by atoms with van der Waals surface area (Å²) in [4.78, 5) is 0. The van der Waals surface area contributed by atoms with Crippen molar-refractivity contribution in [3.63, 3.8) is 0 Å². The van der Waals surface area contributed by atoms with E-state index in [9.17, 15) is 4.39 Å². The lowest BCUT2D eigenvalue weighted by atomic mass is 9.98. The van der Waals surface area contributed by atoms with Crippen LogP contribution in [-0.4, -0.2) is 6.54 Å². The van der Waals surface area contributed by atoms with Gasteiger partial charge in [0.25, 0.3) is 0 Å². The summed E-state index contributed by atoms with van der Waals surface area (Å²) in [6.07, 6.45) is 1.00. The van der Waals surface area contributed by atoms with Gasteiger partial charge in [-0.3, -0.25) is 0 Å². The molecule has 0 heterocycles. The van der Waals surface area contributed by atoms with E-state index < -0.39 is 0 Å². The summed E-state index contributed by atoms with van der Waals surface area (Å²) >= 11 is 0. The van der Waals surface area contributed by atoms with E-state index in [0.717, 1.165) is 13.0 Å². The van der Waals surface area contributed by atoms with Crippen molar-refractivity contribution in [2.45, 2.75) is 25.8 Å². The van der Waals surface area contributed by atoms with Gasteiger partial charge in [-0.2, -0.15) is 5.26 Å². The molecule has 0 fully saturated rings. The molecule has 0 aliphatic carbocycles. The maximum atomic E-state index is 13.2. The lowest BCUT2D eigenvalue weighted by molar-refractivity contribution is 0.588. The Bertz CT molecular complexity index is 617. The van der Waals surface area contributed by atoms with Gasteiger partial charge in [-0.1, -0.05) is 37.3 Å². The van der Waals surface area contributed by atoms with Gasteiger partial charge < -0.3 is 5.32 Å². The van der Waals surface area contributed by atoms with Gasteiger partial charge in [0.15, 0.2) is 0 Å². The molecule has 0 saturated heterocycles. The second-order valence-corrected chi connectivity index (χ2v) is 5.19. The molecule has 0 saturated carbocycles. The number of hydrogen-bond donors (Lipinski definition) is 1. The second kappa shape index (κ2) is 7.56. The van der Waals surface area contributed by atoms with Crippen LogP contribution in [0, 0.1) is 17.1 Å². The maximum Gasteiger partial charge on any atom is 0.123 e. The number of hydrogen-bond acceptors (Lipinski definition) is 2. The zero-order valence-corrected chi connectivity index (χ0v) is 12.1. The van der Waals surface area contributed by atoms with Crippen molar-refractivity contribution in [2.24, 2.45) is 0 Å². The lowest BCUT2D eigenvalue weighted by Crippen LogP contribution is -2.17. The Kier molecular flexibility index (Phi) is 5.48. The number of rotatable bonds is 6. The summed E-state index contributed by atoms with van der Waals surface area (Å²) in [5.41, 5.74) is 2.56. The number of nitrogens with one attached hydrogen (secondary N) is 1. The van der Waals surface area contributed by atoms with Crippen molar-refractivity contribution in [2.75, 3.05) is 6.54 Å². The minimum Gasteiger partial charge on any atom is -0.313 e. The highest BCUT2D eigenvalue weighted by Crippen LogP contribution is 2.17. The van der Waals surface area contributed by atoms with E-state index in [2.05, 4.69) is 30.4 Å². The third-order valence-corrected chi connectivity index (χ3v) is 3.63. The molecule has 0 radical (unpaired) electrons. The lowest BCUT2D eigenvalue weighted by Gasteiger charge is -2.12. The molecular formula is C18H19FN2. The molecule has 0 amide bonds. The van der Waals surface area contributed by atoms with E-state index in [-0.39, 0.29) is 5.82 Å². The van der Waals surface area contributed by atoms with Gasteiger partial charge >= 0.3 is 0 Å². The molecule has 0 spiro atoms. The average molecular weight is 282 g/mol. The summed E-state index contributed by atoms with van der Waals surface area (Å²) in [6, 6.07) is 16.7. The van der Waals surface area contributed by atoms with Crippen LogP contribution in [0.5, 0.6) is 0 Å². The van der Waals surface area contributed by atoms with E-state index >= 15 is 0 Å². The van der Waals surface area contributed by atoms with Crippen molar-refractivity contribution < 1.29 is 4.39 Å². The molecule has 2 nitrogen and oxygen atoms in total. The van der Waals surface area contributed by atoms with Crippen LogP contribution in [0.4, 0.5) is 4.39 Å². The van der Waals surface area contributed by atoms with Crippen molar-refractivity contribution >= 4 is 0 Å². The van der Waals surface area contributed by atoms with Crippen LogP contribution >= 0.6 is 0 Å². The number of nitrogens with zero attached hydrogens (tertiary/aromatic N) is 1. The third-order valence-electron chi connectivity index (χ3n) is 3.63. The minimum absolute atomic E-state index is 0.302. The predicted molar refractivity (Wildman–Crippen MR) is 82.3 cm³/mol. The first-order valence-corrected chi connectivity index (χ1v) is 7.15. The predicted octanol–water partition coefficient (Wildman–Crippen LogP) is 3.98. The molecule has 2 rings (SSSR count). The second-order valence-electron chi connectivity index (χ2n) is 5.19. The highest BCUT2D eigenvalue weighted by molar-refractivity contribution is 5.37. The Labute approximate surface area is 125 Å². The van der Waals surface area contributed by atoms with Gasteiger partial charge in [-0.25, -0.2) is 4.39 Å². The monoisotopic (exact) mass is 282 g/mol. The smallest absolute Gasteiger partial charge is 0.123 e. The van der Waals surface area contributed by atoms with Crippen LogP contribution in [0.15, 0.2) is 48.5 Å². The van der Waals surface area contributed by atoms with Crippen LogP contribution in [0.1, 0.15) is 36.0 Å². The molecule has 0 aliphatic heterocycles. The minimum atomic E-state index is -0.302. The largest absolute Gasteiger partial charge is 0.313 e. The van der Waals surface area contributed by atoms with Crippen molar-refractivity contribution in [1.29, 1.82) is 5.26 Å². The van der Waals surface area contributed by atoms with Crippen molar-refractivity contribution in [3.8, 4) is 6.07 Å². The van der Waals surface area contributed by atoms with Gasteiger partial charge in [0, 0.05) is 6.54 Å². The first kappa shape index (κ1) is 15.2. The van der Waals surface area contributed by atoms with Crippen LogP contribution < -0.4 is 5.32 Å². The fourth-order valence-electron chi connectivity index (χ4n) is 2.31. The number of nitriles is 1. The van der Waals surface area contributed by atoms with Crippen LogP contribution in [0.25, 0.3) is 0 Å². The van der Waals surface area contributed by atoms with E-state index in [4.69, 9.17) is 5.26 Å². The van der Waals surface area contributed by atoms with E-state index in [1.54, 1.807) is 0 Å². The summed E-state index contributed by atoms with van der Waals surface area (Å²) in [6.45, 7) is 3.54. The Hall–Kier alpha value is -2.18. The molecule has 2 aromatic carbocycles. The Morgan fingerprint density at radius 3 is 2.67 bits per heavy atom. The molecule has 108 valence electrons. The molecule has 0 aromatic heterocycles. The van der Waals surface area contributed by atoms with Gasteiger partial charge in [0.2, 0.25) is 0 Å². The normalized spacial score (nSPS) is 11.9. The van der Waals surface area contributed by atoms with Gasteiger partial charge in [-0.15, -0.1) is 0 Å². The number of benzene rings is 2. The molecule has 2 aromatic rings. The SMILES string of the molecule is CC(CCNCc1cc(F)ccc1C#N)c1ccccc1. The average Bonchev–Trinajstić information content (AvgIpc) is 2.52. The third kappa shape index (κ3) is 4.40. The topological polar surface area (TPSA) is 35.8 Å². The summed E-state index contributed by atoms with van der Waals surface area (Å²) in [5.74, 6) is 0.171. The molecule has 1 atom stereocenters. The maximum absolute atomic E-state index is 13.2. The van der Waals surface area contributed by atoms with Crippen LogP contribution in [0.2, 0.25) is 0 Å². The summed E-state index contributed by atoms with van der Waals surface area (Å²) in [7, 11) is 0. The number of halogens is 1. The Balaban J connectivity index is 1.83. The van der Waals surface area contributed by atoms with E-state index in [1.165, 1.54) is 23.8 Å². The summed E-state index contributed by atoms with van der Waals surface area (Å²) < 4.78 is 13.2. The van der Waals surface area contributed by atoms with Crippen molar-refractivity contribution in [3.05, 3.63) is 71.0 Å². The van der Waals surface area contributed by atoms with Gasteiger partial charge in [0.1, 0.15) is 5.82 Å². The van der Waals surface area contributed by atoms with E-state index in [1.807, 2.05) is 18.2 Å². The molecule has 21 heavy (non-hydrogen) atoms.